The van der Waals surface area contributed by atoms with Crippen molar-refractivity contribution >= 4 is 45.7 Å². The minimum Gasteiger partial charge on any atom is -0.474 e. The molecule has 1 aromatic heterocycles. The molecule has 15 heavy (non-hydrogen) atoms. The lowest BCUT2D eigenvalue weighted by Crippen LogP contribution is -2.10. The van der Waals surface area contributed by atoms with E-state index < -0.39 is 0 Å². The number of methoxy groups -OCH3 is 1. The highest BCUT2D eigenvalue weighted by Gasteiger charge is 2.11. The predicted molar refractivity (Wildman–Crippen MR) is 60.0 cm³/mol. The smallest absolute Gasteiger partial charge is 0.260 e. The number of nitrogens with one attached hydrogen (secondary N) is 1. The molecule has 0 radical (unpaired) electrons. The van der Waals surface area contributed by atoms with Crippen LogP contribution in [0, 0.1) is 0 Å². The fraction of sp³-hybridized carbons (Fsp3) is 0.125. The summed E-state index contributed by atoms with van der Waals surface area (Å²) in [6, 6.07) is 3.40. The second-order valence-corrected chi connectivity index (χ2v) is 3.45. The van der Waals surface area contributed by atoms with Crippen LogP contribution in [0.15, 0.2) is 16.8 Å². The van der Waals surface area contributed by atoms with Crippen molar-refractivity contribution in [3.63, 3.8) is 0 Å². The molecule has 0 spiro atoms. The number of rotatable bonds is 1. The molecule has 0 atom stereocenters. The van der Waals surface area contributed by atoms with Gasteiger partial charge in [-0.2, -0.15) is 0 Å². The van der Waals surface area contributed by atoms with Crippen LogP contribution in [0.2, 0.25) is 5.02 Å². The van der Waals surface area contributed by atoms with Crippen molar-refractivity contribution in [2.45, 2.75) is 0 Å². The normalized spacial score (nSPS) is 10.3. The van der Waals surface area contributed by atoms with Crippen LogP contribution in [-0.2, 0) is 4.74 Å². The molecule has 1 heterocycles. The van der Waals surface area contributed by atoms with E-state index in [-0.39, 0.29) is 5.17 Å². The Balaban J connectivity index is 2.48. The number of anilines is 1. The summed E-state index contributed by atoms with van der Waals surface area (Å²) < 4.78 is 9.41. The van der Waals surface area contributed by atoms with E-state index in [1.54, 1.807) is 12.1 Å². The number of aromatic nitrogens is 2. The minimum atomic E-state index is 0.238. The maximum absolute atomic E-state index is 5.89. The van der Waals surface area contributed by atoms with Gasteiger partial charge in [-0.15, -0.1) is 0 Å². The highest BCUT2D eigenvalue weighted by Crippen LogP contribution is 2.26. The summed E-state index contributed by atoms with van der Waals surface area (Å²) in [6.07, 6.45) is 0. The van der Waals surface area contributed by atoms with Crippen LogP contribution < -0.4 is 5.32 Å². The Kier molecular flexibility index (Phi) is 2.70. The van der Waals surface area contributed by atoms with Gasteiger partial charge in [0.25, 0.3) is 5.17 Å². The molecule has 7 heteroatoms. The third-order valence-corrected chi connectivity index (χ3v) is 2.36. The van der Waals surface area contributed by atoms with E-state index in [1.165, 1.54) is 7.11 Å². The largest absolute Gasteiger partial charge is 0.474 e. The molecule has 0 saturated heterocycles. The summed E-state index contributed by atoms with van der Waals surface area (Å²) in [4.78, 5) is 0. The zero-order valence-corrected chi connectivity index (χ0v) is 9.22. The molecule has 1 aromatic carbocycles. The molecule has 0 aliphatic carbocycles. The van der Waals surface area contributed by atoms with E-state index in [4.69, 9.17) is 28.6 Å². The van der Waals surface area contributed by atoms with Crippen molar-refractivity contribution in [2.24, 2.45) is 0 Å². The molecule has 2 aromatic rings. The second kappa shape index (κ2) is 4.00. The zero-order valence-electron chi connectivity index (χ0n) is 7.65. The molecule has 0 aliphatic rings. The number of halogens is 1. The van der Waals surface area contributed by atoms with Crippen LogP contribution in [0.3, 0.4) is 0 Å². The van der Waals surface area contributed by atoms with E-state index >= 15 is 0 Å². The number of fused-ring (bicyclic) bond motifs is 1. The zero-order chi connectivity index (χ0) is 10.8. The Morgan fingerprint density at radius 1 is 1.47 bits per heavy atom. The first-order chi connectivity index (χ1) is 7.22. The standard InChI is InChI=1S/C8H6ClN3O2S/c1-13-8(15)10-5-3-2-4(9)6-7(5)12-14-11-6/h2-3H,1H3,(H,10,15). The molecule has 2 rings (SSSR count). The first-order valence-corrected chi connectivity index (χ1v) is 4.76. The van der Waals surface area contributed by atoms with E-state index in [0.717, 1.165) is 0 Å². The minimum absolute atomic E-state index is 0.238. The monoisotopic (exact) mass is 243 g/mol. The molecule has 0 aliphatic heterocycles. The van der Waals surface area contributed by atoms with Crippen LogP contribution >= 0.6 is 23.8 Å². The highest BCUT2D eigenvalue weighted by atomic mass is 35.5. The van der Waals surface area contributed by atoms with Gasteiger partial charge in [0.2, 0.25) is 0 Å². The molecule has 0 amide bonds. The molecule has 0 unspecified atom stereocenters. The maximum atomic E-state index is 5.89. The summed E-state index contributed by atoms with van der Waals surface area (Å²) in [5.41, 5.74) is 1.64. The first-order valence-electron chi connectivity index (χ1n) is 3.98. The van der Waals surface area contributed by atoms with Crippen molar-refractivity contribution in [3.8, 4) is 0 Å². The van der Waals surface area contributed by atoms with Crippen molar-refractivity contribution in [2.75, 3.05) is 12.4 Å². The van der Waals surface area contributed by atoms with Crippen LogP contribution in [0.5, 0.6) is 0 Å². The topological polar surface area (TPSA) is 60.2 Å². The van der Waals surface area contributed by atoms with Gasteiger partial charge in [-0.25, -0.2) is 4.63 Å². The Labute approximate surface area is 95.3 Å². The molecule has 0 saturated carbocycles. The summed E-state index contributed by atoms with van der Waals surface area (Å²) in [5, 5.41) is 10.9. The number of hydrogen-bond donors (Lipinski definition) is 1. The van der Waals surface area contributed by atoms with Gasteiger partial charge in [0.05, 0.1) is 17.8 Å². The van der Waals surface area contributed by atoms with Gasteiger partial charge in [-0.1, -0.05) is 11.6 Å². The van der Waals surface area contributed by atoms with E-state index in [9.17, 15) is 0 Å². The summed E-state index contributed by atoms with van der Waals surface area (Å²) in [6.45, 7) is 0. The molecule has 78 valence electrons. The number of nitrogens with zero attached hydrogens (tertiary/aromatic N) is 2. The highest BCUT2D eigenvalue weighted by molar-refractivity contribution is 7.80. The average molecular weight is 244 g/mol. The van der Waals surface area contributed by atoms with Gasteiger partial charge in [-0.3, -0.25) is 0 Å². The molecule has 5 nitrogen and oxygen atoms in total. The van der Waals surface area contributed by atoms with Crippen molar-refractivity contribution in [3.05, 3.63) is 17.2 Å². The fourth-order valence-electron chi connectivity index (χ4n) is 1.10. The maximum Gasteiger partial charge on any atom is 0.260 e. The van der Waals surface area contributed by atoms with Crippen molar-refractivity contribution in [1.29, 1.82) is 0 Å². The lowest BCUT2D eigenvalue weighted by molar-refractivity contribution is 0.315. The van der Waals surface area contributed by atoms with Crippen molar-refractivity contribution in [1.82, 2.24) is 10.3 Å². The van der Waals surface area contributed by atoms with Gasteiger partial charge >= 0.3 is 0 Å². The van der Waals surface area contributed by atoms with Gasteiger partial charge < -0.3 is 10.1 Å². The quantitative estimate of drug-likeness (QED) is 0.775. The average Bonchev–Trinajstić information content (AvgIpc) is 2.71. The van der Waals surface area contributed by atoms with Crippen LogP contribution in [0.25, 0.3) is 11.0 Å². The van der Waals surface area contributed by atoms with Crippen LogP contribution in [0.4, 0.5) is 5.69 Å². The summed E-state index contributed by atoms with van der Waals surface area (Å²) >= 11 is 10.7. The number of thiocarbonyl (C=S) groups is 1. The molecule has 0 fully saturated rings. The molecule has 0 bridgehead atoms. The lowest BCUT2D eigenvalue weighted by Gasteiger charge is -2.05. The molecular formula is C8H6ClN3O2S. The fourth-order valence-corrected chi connectivity index (χ4v) is 1.40. The third-order valence-electron chi connectivity index (χ3n) is 1.79. The van der Waals surface area contributed by atoms with E-state index in [1.807, 2.05) is 0 Å². The van der Waals surface area contributed by atoms with Gasteiger partial charge in [0.15, 0.2) is 11.0 Å². The molecular weight excluding hydrogens is 238 g/mol. The summed E-state index contributed by atoms with van der Waals surface area (Å²) in [7, 11) is 1.48. The SMILES string of the molecule is COC(=S)Nc1ccc(Cl)c2nonc12. The van der Waals surface area contributed by atoms with Gasteiger partial charge in [-0.05, 0) is 34.7 Å². The Morgan fingerprint density at radius 2 is 2.20 bits per heavy atom. The Bertz CT molecular complexity index is 514. The van der Waals surface area contributed by atoms with Crippen molar-refractivity contribution < 1.29 is 9.37 Å². The predicted octanol–water partition coefficient (Wildman–Crippen LogP) is 2.22. The Hall–Kier alpha value is -1.40. The van der Waals surface area contributed by atoms with E-state index in [2.05, 4.69) is 20.3 Å². The first kappa shape index (κ1) is 10.1. The van der Waals surface area contributed by atoms with Gasteiger partial charge in [0.1, 0.15) is 0 Å². The van der Waals surface area contributed by atoms with Gasteiger partial charge in [0, 0.05) is 0 Å². The number of ether oxygens (including phenoxy) is 1. The number of hydrogen-bond acceptors (Lipinski definition) is 5. The third kappa shape index (κ3) is 1.86. The Morgan fingerprint density at radius 3 is 2.93 bits per heavy atom. The summed E-state index contributed by atoms with van der Waals surface area (Å²) in [5.74, 6) is 0. The van der Waals surface area contributed by atoms with Crippen LogP contribution in [-0.4, -0.2) is 22.6 Å². The van der Waals surface area contributed by atoms with Crippen LogP contribution in [0.1, 0.15) is 0 Å². The second-order valence-electron chi connectivity index (χ2n) is 2.67. The molecule has 1 N–H and O–H groups in total. The number of benzene rings is 1. The van der Waals surface area contributed by atoms with E-state index in [0.29, 0.717) is 21.7 Å². The lowest BCUT2D eigenvalue weighted by atomic mass is 10.2.